The Bertz CT molecular complexity index is 447. The summed E-state index contributed by atoms with van der Waals surface area (Å²) in [5.74, 6) is 1.10. The molecular weight excluding hydrogens is 294 g/mol. The van der Waals surface area contributed by atoms with E-state index in [0.717, 1.165) is 39.1 Å². The van der Waals surface area contributed by atoms with E-state index in [1.54, 1.807) is 0 Å². The standard InChI is InChI=1S/C17H31N3OS/c1-18(2)7-14-5-15(12-21)10-20(9-14)11-17-6-16(13-22-17)8-19(3)4/h6,13-15,21H,5,7-12H2,1-4H3/t14-,15+/m1/s1. The third-order valence-electron chi connectivity index (χ3n) is 4.17. The molecule has 0 aromatic carbocycles. The molecular formula is C17H31N3OS. The molecule has 1 fully saturated rings. The SMILES string of the molecule is CN(C)Cc1csc(CN2C[C@@H](CN(C)C)C[C@H](CO)C2)c1. The van der Waals surface area contributed by atoms with E-state index < -0.39 is 0 Å². The molecule has 1 aromatic heterocycles. The molecule has 2 atom stereocenters. The average Bonchev–Trinajstić information content (AvgIpc) is 2.83. The zero-order valence-corrected chi connectivity index (χ0v) is 15.3. The van der Waals surface area contributed by atoms with Gasteiger partial charge in [-0.3, -0.25) is 4.90 Å². The number of nitrogens with zero attached hydrogens (tertiary/aromatic N) is 3. The van der Waals surface area contributed by atoms with Gasteiger partial charge in [-0.1, -0.05) is 0 Å². The molecule has 2 heterocycles. The van der Waals surface area contributed by atoms with Crippen LogP contribution in [0.1, 0.15) is 16.9 Å². The third kappa shape index (κ3) is 5.63. The third-order valence-corrected chi connectivity index (χ3v) is 5.14. The van der Waals surface area contributed by atoms with Crippen LogP contribution >= 0.6 is 11.3 Å². The molecule has 0 amide bonds. The Labute approximate surface area is 139 Å². The van der Waals surface area contributed by atoms with Gasteiger partial charge in [0.15, 0.2) is 0 Å². The summed E-state index contributed by atoms with van der Waals surface area (Å²) >= 11 is 1.87. The van der Waals surface area contributed by atoms with Crippen molar-refractivity contribution < 1.29 is 5.11 Å². The summed E-state index contributed by atoms with van der Waals surface area (Å²) in [6.07, 6.45) is 1.15. The fourth-order valence-corrected chi connectivity index (χ4v) is 4.43. The Kier molecular flexibility index (Phi) is 6.84. The minimum Gasteiger partial charge on any atom is -0.396 e. The zero-order chi connectivity index (χ0) is 16.1. The molecule has 1 aliphatic heterocycles. The highest BCUT2D eigenvalue weighted by Crippen LogP contribution is 2.25. The first-order valence-corrected chi connectivity index (χ1v) is 9.03. The number of aliphatic hydroxyl groups is 1. The first-order chi connectivity index (χ1) is 10.5. The molecule has 22 heavy (non-hydrogen) atoms. The van der Waals surface area contributed by atoms with Gasteiger partial charge in [-0.25, -0.2) is 0 Å². The molecule has 1 saturated heterocycles. The van der Waals surface area contributed by atoms with Crippen LogP contribution in [-0.4, -0.2) is 74.2 Å². The molecule has 0 radical (unpaired) electrons. The van der Waals surface area contributed by atoms with Gasteiger partial charge in [0.2, 0.25) is 0 Å². The lowest BCUT2D eigenvalue weighted by Crippen LogP contribution is -2.44. The van der Waals surface area contributed by atoms with Crippen molar-refractivity contribution in [3.05, 3.63) is 21.9 Å². The summed E-state index contributed by atoms with van der Waals surface area (Å²) < 4.78 is 0. The van der Waals surface area contributed by atoms with Gasteiger partial charge in [0, 0.05) is 44.2 Å². The smallest absolute Gasteiger partial charge is 0.0471 e. The lowest BCUT2D eigenvalue weighted by molar-refractivity contribution is 0.0698. The summed E-state index contributed by atoms with van der Waals surface area (Å²) in [6, 6.07) is 2.34. The predicted octanol–water partition coefficient (Wildman–Crippen LogP) is 1.80. The fourth-order valence-electron chi connectivity index (χ4n) is 3.51. The molecule has 1 aliphatic rings. The number of hydrogen-bond acceptors (Lipinski definition) is 5. The average molecular weight is 326 g/mol. The van der Waals surface area contributed by atoms with Gasteiger partial charge in [-0.15, -0.1) is 11.3 Å². The topological polar surface area (TPSA) is 30.0 Å². The van der Waals surface area contributed by atoms with Gasteiger partial charge < -0.3 is 14.9 Å². The van der Waals surface area contributed by atoms with E-state index in [2.05, 4.69) is 54.3 Å². The molecule has 0 bridgehead atoms. The van der Waals surface area contributed by atoms with Crippen molar-refractivity contribution in [1.29, 1.82) is 0 Å². The van der Waals surface area contributed by atoms with Crippen LogP contribution in [0.4, 0.5) is 0 Å². The quantitative estimate of drug-likeness (QED) is 0.828. The summed E-state index contributed by atoms with van der Waals surface area (Å²) in [6.45, 7) is 5.65. The predicted molar refractivity (Wildman–Crippen MR) is 94.2 cm³/mol. The monoisotopic (exact) mass is 325 g/mol. The van der Waals surface area contributed by atoms with Crippen molar-refractivity contribution in [3.63, 3.8) is 0 Å². The van der Waals surface area contributed by atoms with Gasteiger partial charge in [0.05, 0.1) is 0 Å². The highest BCUT2D eigenvalue weighted by Gasteiger charge is 2.27. The normalized spacial score (nSPS) is 23.6. The van der Waals surface area contributed by atoms with Crippen LogP contribution in [0.3, 0.4) is 0 Å². The molecule has 1 aromatic rings. The molecule has 0 saturated carbocycles. The van der Waals surface area contributed by atoms with Gasteiger partial charge >= 0.3 is 0 Å². The van der Waals surface area contributed by atoms with Gasteiger partial charge in [-0.05, 0) is 63.5 Å². The van der Waals surface area contributed by atoms with E-state index in [-0.39, 0.29) is 0 Å². The molecule has 4 nitrogen and oxygen atoms in total. The largest absolute Gasteiger partial charge is 0.396 e. The highest BCUT2D eigenvalue weighted by atomic mass is 32.1. The lowest BCUT2D eigenvalue weighted by Gasteiger charge is -2.38. The molecule has 0 aliphatic carbocycles. The summed E-state index contributed by atoms with van der Waals surface area (Å²) in [5, 5.41) is 11.9. The van der Waals surface area contributed by atoms with Crippen LogP contribution in [0.5, 0.6) is 0 Å². The second-order valence-electron chi connectivity index (χ2n) is 7.27. The van der Waals surface area contributed by atoms with Crippen molar-refractivity contribution in [2.45, 2.75) is 19.5 Å². The van der Waals surface area contributed by atoms with Crippen LogP contribution in [0.2, 0.25) is 0 Å². The number of aliphatic hydroxyl groups excluding tert-OH is 1. The Morgan fingerprint density at radius 3 is 2.55 bits per heavy atom. The van der Waals surface area contributed by atoms with E-state index in [0.29, 0.717) is 18.4 Å². The number of likely N-dealkylation sites (tertiary alicyclic amines) is 1. The maximum atomic E-state index is 9.59. The van der Waals surface area contributed by atoms with Gasteiger partial charge in [0.25, 0.3) is 0 Å². The number of piperidine rings is 1. The zero-order valence-electron chi connectivity index (χ0n) is 14.5. The molecule has 5 heteroatoms. The summed E-state index contributed by atoms with van der Waals surface area (Å²) in [5.41, 5.74) is 1.41. The number of thiophene rings is 1. The van der Waals surface area contributed by atoms with Crippen molar-refractivity contribution in [1.82, 2.24) is 14.7 Å². The van der Waals surface area contributed by atoms with E-state index in [4.69, 9.17) is 0 Å². The molecule has 2 rings (SSSR count). The Balaban J connectivity index is 1.93. The number of rotatable bonds is 7. The van der Waals surface area contributed by atoms with Crippen LogP contribution in [0.15, 0.2) is 11.4 Å². The van der Waals surface area contributed by atoms with Crippen LogP contribution in [0, 0.1) is 11.8 Å². The maximum Gasteiger partial charge on any atom is 0.0471 e. The van der Waals surface area contributed by atoms with Crippen molar-refractivity contribution in [2.24, 2.45) is 11.8 Å². The molecule has 0 spiro atoms. The second kappa shape index (κ2) is 8.41. The van der Waals surface area contributed by atoms with E-state index in [9.17, 15) is 5.11 Å². The lowest BCUT2D eigenvalue weighted by atomic mass is 9.89. The first kappa shape index (κ1) is 17.9. The van der Waals surface area contributed by atoms with Crippen molar-refractivity contribution in [2.75, 3.05) is 54.4 Å². The minimum atomic E-state index is 0.316. The minimum absolute atomic E-state index is 0.316. The fraction of sp³-hybridized carbons (Fsp3) is 0.765. The van der Waals surface area contributed by atoms with Gasteiger partial charge in [0.1, 0.15) is 0 Å². The van der Waals surface area contributed by atoms with Crippen molar-refractivity contribution >= 4 is 11.3 Å². The van der Waals surface area contributed by atoms with Crippen molar-refractivity contribution in [3.8, 4) is 0 Å². The summed E-state index contributed by atoms with van der Waals surface area (Å²) in [7, 11) is 8.50. The molecule has 1 N–H and O–H groups in total. The number of hydrogen-bond donors (Lipinski definition) is 1. The van der Waals surface area contributed by atoms with E-state index in [1.807, 2.05) is 11.3 Å². The second-order valence-corrected chi connectivity index (χ2v) is 8.26. The highest BCUT2D eigenvalue weighted by molar-refractivity contribution is 7.10. The Hall–Kier alpha value is -0.460. The van der Waals surface area contributed by atoms with Gasteiger partial charge in [-0.2, -0.15) is 0 Å². The molecule has 126 valence electrons. The summed E-state index contributed by atoms with van der Waals surface area (Å²) in [4.78, 5) is 8.45. The Morgan fingerprint density at radius 2 is 1.91 bits per heavy atom. The maximum absolute atomic E-state index is 9.59. The Morgan fingerprint density at radius 1 is 1.18 bits per heavy atom. The van der Waals surface area contributed by atoms with Crippen LogP contribution in [0.25, 0.3) is 0 Å². The first-order valence-electron chi connectivity index (χ1n) is 8.15. The van der Waals surface area contributed by atoms with E-state index >= 15 is 0 Å². The molecule has 0 unspecified atom stereocenters. The van der Waals surface area contributed by atoms with E-state index in [1.165, 1.54) is 10.4 Å². The van der Waals surface area contributed by atoms with Crippen LogP contribution < -0.4 is 0 Å². The van der Waals surface area contributed by atoms with Crippen LogP contribution in [-0.2, 0) is 13.1 Å².